The molecule has 1 aliphatic carbocycles. The Morgan fingerprint density at radius 1 is 1.39 bits per heavy atom. The van der Waals surface area contributed by atoms with Crippen LogP contribution in [-0.4, -0.2) is 22.0 Å². The average molecular weight is 330 g/mol. The van der Waals surface area contributed by atoms with Crippen LogP contribution < -0.4 is 5.32 Å². The van der Waals surface area contributed by atoms with Crippen molar-refractivity contribution in [2.75, 3.05) is 5.32 Å². The molecule has 2 N–H and O–H groups in total. The van der Waals surface area contributed by atoms with Crippen LogP contribution in [-0.2, 0) is 9.59 Å². The number of hydrogen-bond acceptors (Lipinski definition) is 4. The topological polar surface area (TPSA) is 79.3 Å². The summed E-state index contributed by atoms with van der Waals surface area (Å²) < 4.78 is 0. The Kier molecular flexibility index (Phi) is 4.17. The highest BCUT2D eigenvalue weighted by atomic mass is 32.1. The second kappa shape index (κ2) is 6.12. The first-order valence-corrected chi connectivity index (χ1v) is 8.42. The number of rotatable bonds is 5. The molecule has 1 heterocycles. The smallest absolute Gasteiger partial charge is 0.310 e. The van der Waals surface area contributed by atoms with Gasteiger partial charge in [-0.3, -0.25) is 9.59 Å². The predicted octanol–water partition coefficient (Wildman–Crippen LogP) is 3.70. The number of thiazole rings is 1. The number of nitrogens with zero attached hydrogens (tertiary/aromatic N) is 1. The fraction of sp³-hybridized carbons (Fsp3) is 0.353. The molecule has 0 unspecified atom stereocenters. The number of nitrogens with one attached hydrogen (secondary N) is 1. The maximum Gasteiger partial charge on any atom is 0.310 e. The monoisotopic (exact) mass is 330 g/mol. The summed E-state index contributed by atoms with van der Waals surface area (Å²) in [6, 6.07) is 7.46. The third-order valence-electron chi connectivity index (χ3n) is 4.32. The van der Waals surface area contributed by atoms with Gasteiger partial charge in [0.25, 0.3) is 0 Å². The molecule has 0 bridgehead atoms. The van der Waals surface area contributed by atoms with Crippen molar-refractivity contribution in [1.29, 1.82) is 0 Å². The van der Waals surface area contributed by atoms with Gasteiger partial charge in [0, 0.05) is 23.1 Å². The van der Waals surface area contributed by atoms with Gasteiger partial charge in [0.15, 0.2) is 0 Å². The van der Waals surface area contributed by atoms with Crippen molar-refractivity contribution in [3.05, 3.63) is 34.7 Å². The summed E-state index contributed by atoms with van der Waals surface area (Å²) in [5.74, 6) is -1.12. The molecular weight excluding hydrogens is 312 g/mol. The maximum atomic E-state index is 12.2. The van der Waals surface area contributed by atoms with E-state index in [0.29, 0.717) is 18.5 Å². The number of benzene rings is 1. The quantitative estimate of drug-likeness (QED) is 0.876. The molecule has 5 nitrogen and oxygen atoms in total. The van der Waals surface area contributed by atoms with E-state index in [0.717, 1.165) is 22.7 Å². The van der Waals surface area contributed by atoms with Gasteiger partial charge in [-0.1, -0.05) is 18.6 Å². The summed E-state index contributed by atoms with van der Waals surface area (Å²) in [4.78, 5) is 28.0. The number of amides is 1. The van der Waals surface area contributed by atoms with Gasteiger partial charge in [0.1, 0.15) is 0 Å². The lowest BCUT2D eigenvalue weighted by Crippen LogP contribution is -2.41. The van der Waals surface area contributed by atoms with Gasteiger partial charge in [0.2, 0.25) is 5.91 Å². The Morgan fingerprint density at radius 2 is 2.17 bits per heavy atom. The highest BCUT2D eigenvalue weighted by molar-refractivity contribution is 7.09. The fourth-order valence-corrected chi connectivity index (χ4v) is 3.46. The third kappa shape index (κ3) is 3.27. The number of anilines is 1. The molecule has 0 aliphatic heterocycles. The van der Waals surface area contributed by atoms with Gasteiger partial charge < -0.3 is 10.4 Å². The summed E-state index contributed by atoms with van der Waals surface area (Å²) in [5, 5.41) is 15.1. The van der Waals surface area contributed by atoms with E-state index in [-0.39, 0.29) is 12.3 Å². The molecule has 1 aromatic carbocycles. The molecule has 1 aliphatic rings. The van der Waals surface area contributed by atoms with Crippen molar-refractivity contribution >= 4 is 28.9 Å². The first-order valence-electron chi connectivity index (χ1n) is 7.54. The number of aryl methyl sites for hydroxylation is 1. The number of carboxylic acids is 1. The minimum Gasteiger partial charge on any atom is -0.481 e. The van der Waals surface area contributed by atoms with Crippen LogP contribution in [0.15, 0.2) is 29.6 Å². The second-order valence-corrected chi connectivity index (χ2v) is 7.06. The molecule has 2 aromatic rings. The van der Waals surface area contributed by atoms with E-state index in [1.54, 1.807) is 17.4 Å². The largest absolute Gasteiger partial charge is 0.481 e. The normalized spacial score (nSPS) is 15.7. The zero-order chi connectivity index (χ0) is 16.4. The number of carbonyl (C=O) groups is 2. The molecule has 120 valence electrons. The van der Waals surface area contributed by atoms with Crippen molar-refractivity contribution in [3.8, 4) is 11.3 Å². The molecule has 1 saturated carbocycles. The van der Waals surface area contributed by atoms with E-state index in [1.807, 2.05) is 30.5 Å². The minimum atomic E-state index is -0.870. The van der Waals surface area contributed by atoms with E-state index >= 15 is 0 Å². The lowest BCUT2D eigenvalue weighted by atomic mass is 9.66. The van der Waals surface area contributed by atoms with Crippen LogP contribution in [0.25, 0.3) is 11.3 Å². The summed E-state index contributed by atoms with van der Waals surface area (Å²) >= 11 is 1.58. The van der Waals surface area contributed by atoms with Gasteiger partial charge in [-0.2, -0.15) is 0 Å². The van der Waals surface area contributed by atoms with Crippen LogP contribution >= 0.6 is 11.3 Å². The summed E-state index contributed by atoms with van der Waals surface area (Å²) in [7, 11) is 0. The van der Waals surface area contributed by atoms with Gasteiger partial charge in [-0.05, 0) is 31.9 Å². The fourth-order valence-electron chi connectivity index (χ4n) is 2.83. The molecule has 0 saturated heterocycles. The van der Waals surface area contributed by atoms with E-state index < -0.39 is 11.4 Å². The SMILES string of the molecule is Cc1nc(-c2cccc(NC(=O)CC3(C(=O)O)CCC3)c2)cs1. The minimum absolute atomic E-state index is 0.0301. The highest BCUT2D eigenvalue weighted by Gasteiger charge is 2.45. The molecule has 23 heavy (non-hydrogen) atoms. The van der Waals surface area contributed by atoms with Crippen LogP contribution in [0.2, 0.25) is 0 Å². The first kappa shape index (κ1) is 15.7. The Bertz CT molecular complexity index is 750. The molecule has 0 spiro atoms. The van der Waals surface area contributed by atoms with Gasteiger partial charge in [-0.15, -0.1) is 11.3 Å². The van der Waals surface area contributed by atoms with Gasteiger partial charge in [0.05, 0.1) is 16.1 Å². The van der Waals surface area contributed by atoms with Crippen molar-refractivity contribution in [2.24, 2.45) is 5.41 Å². The number of aromatic nitrogens is 1. The van der Waals surface area contributed by atoms with Crippen LogP contribution in [0, 0.1) is 12.3 Å². The predicted molar refractivity (Wildman–Crippen MR) is 89.5 cm³/mol. The van der Waals surface area contributed by atoms with Crippen molar-refractivity contribution in [2.45, 2.75) is 32.6 Å². The molecule has 1 aromatic heterocycles. The van der Waals surface area contributed by atoms with E-state index in [9.17, 15) is 14.7 Å². The number of carboxylic acid groups (broad SMARTS) is 1. The zero-order valence-electron chi connectivity index (χ0n) is 12.8. The Labute approximate surface area is 138 Å². The highest BCUT2D eigenvalue weighted by Crippen LogP contribution is 2.44. The van der Waals surface area contributed by atoms with Crippen molar-refractivity contribution in [1.82, 2.24) is 4.98 Å². The molecular formula is C17H18N2O3S. The van der Waals surface area contributed by atoms with E-state index in [2.05, 4.69) is 10.3 Å². The van der Waals surface area contributed by atoms with Crippen LogP contribution in [0.3, 0.4) is 0 Å². The average Bonchev–Trinajstić information content (AvgIpc) is 2.89. The number of carbonyl (C=O) groups excluding carboxylic acids is 1. The number of hydrogen-bond donors (Lipinski definition) is 2. The molecule has 1 fully saturated rings. The Balaban J connectivity index is 1.70. The van der Waals surface area contributed by atoms with E-state index in [1.165, 1.54) is 0 Å². The Hall–Kier alpha value is -2.21. The van der Waals surface area contributed by atoms with Crippen LogP contribution in [0.5, 0.6) is 0 Å². The summed E-state index contributed by atoms with van der Waals surface area (Å²) in [6.45, 7) is 1.95. The van der Waals surface area contributed by atoms with Gasteiger partial charge in [-0.25, -0.2) is 4.98 Å². The molecule has 0 radical (unpaired) electrons. The molecule has 3 rings (SSSR count). The van der Waals surface area contributed by atoms with Crippen molar-refractivity contribution < 1.29 is 14.7 Å². The molecule has 1 amide bonds. The van der Waals surface area contributed by atoms with Gasteiger partial charge >= 0.3 is 5.97 Å². The summed E-state index contributed by atoms with van der Waals surface area (Å²) in [5.41, 5.74) is 1.61. The third-order valence-corrected chi connectivity index (χ3v) is 5.10. The van der Waals surface area contributed by atoms with E-state index in [4.69, 9.17) is 0 Å². The standard InChI is InChI=1S/C17H18N2O3S/c1-11-18-14(10-23-11)12-4-2-5-13(8-12)19-15(20)9-17(16(21)22)6-3-7-17/h2,4-5,8,10H,3,6-7,9H2,1H3,(H,19,20)(H,21,22). The van der Waals surface area contributed by atoms with Crippen LogP contribution in [0.4, 0.5) is 5.69 Å². The number of aliphatic carboxylic acids is 1. The van der Waals surface area contributed by atoms with Crippen molar-refractivity contribution in [3.63, 3.8) is 0 Å². The molecule has 6 heteroatoms. The Morgan fingerprint density at radius 3 is 2.74 bits per heavy atom. The second-order valence-electron chi connectivity index (χ2n) is 6.00. The summed E-state index contributed by atoms with van der Waals surface area (Å²) in [6.07, 6.45) is 2.06. The first-order chi connectivity index (χ1) is 11.0. The molecule has 0 atom stereocenters. The lowest BCUT2D eigenvalue weighted by Gasteiger charge is -2.36. The van der Waals surface area contributed by atoms with Crippen LogP contribution in [0.1, 0.15) is 30.7 Å². The zero-order valence-corrected chi connectivity index (χ0v) is 13.7. The lowest BCUT2D eigenvalue weighted by molar-refractivity contribution is -0.157. The maximum absolute atomic E-state index is 12.2.